The molecule has 1 rings (SSSR count). The Morgan fingerprint density at radius 3 is 2.63 bits per heavy atom. The normalized spacial score (nSPS) is 9.84. The molecular formula is C14H15BrO4. The number of ether oxygens (including phenoxy) is 2. The molecule has 5 heteroatoms. The average Bonchev–Trinajstić information content (AvgIpc) is 2.37. The van der Waals surface area contributed by atoms with E-state index in [1.807, 2.05) is 6.92 Å². The highest BCUT2D eigenvalue weighted by atomic mass is 79.9. The zero-order valence-electron chi connectivity index (χ0n) is 10.9. The third kappa shape index (κ3) is 4.21. The maximum Gasteiger partial charge on any atom is 0.379 e. The van der Waals surface area contributed by atoms with Gasteiger partial charge in [0.05, 0.1) is 11.1 Å². The van der Waals surface area contributed by atoms with Gasteiger partial charge >= 0.3 is 5.97 Å². The van der Waals surface area contributed by atoms with Gasteiger partial charge in [-0.1, -0.05) is 12.6 Å². The fourth-order valence-electron chi connectivity index (χ4n) is 1.31. The van der Waals surface area contributed by atoms with E-state index in [0.717, 1.165) is 5.57 Å². The lowest BCUT2D eigenvalue weighted by Gasteiger charge is -2.10. The molecule has 0 fully saturated rings. The number of esters is 1. The molecule has 0 spiro atoms. The number of Topliss-reactive ketones (excluding diaryl/α,β-unsaturated/α-hetero) is 1. The van der Waals surface area contributed by atoms with Crippen LogP contribution in [-0.4, -0.2) is 25.0 Å². The molecule has 0 unspecified atom stereocenters. The Kier molecular flexibility index (Phi) is 5.76. The van der Waals surface area contributed by atoms with Crippen molar-refractivity contribution < 1.29 is 19.1 Å². The van der Waals surface area contributed by atoms with Crippen LogP contribution >= 0.6 is 15.9 Å². The Balaban J connectivity index is 2.97. The average molecular weight is 327 g/mol. The molecule has 0 bridgehead atoms. The maximum atomic E-state index is 11.9. The van der Waals surface area contributed by atoms with E-state index in [4.69, 9.17) is 4.74 Å². The Morgan fingerprint density at radius 2 is 2.05 bits per heavy atom. The summed E-state index contributed by atoms with van der Waals surface area (Å²) in [5, 5.41) is 0. The van der Waals surface area contributed by atoms with E-state index < -0.39 is 11.8 Å². The number of carbonyl (C=O) groups excluding carboxylic acids is 2. The van der Waals surface area contributed by atoms with Crippen LogP contribution in [0.3, 0.4) is 0 Å². The summed E-state index contributed by atoms with van der Waals surface area (Å²) in [6, 6.07) is 4.89. The van der Waals surface area contributed by atoms with Gasteiger partial charge in [0.15, 0.2) is 0 Å². The molecule has 19 heavy (non-hydrogen) atoms. The van der Waals surface area contributed by atoms with Gasteiger partial charge in [0, 0.05) is 5.56 Å². The van der Waals surface area contributed by atoms with E-state index in [1.165, 1.54) is 6.07 Å². The fourth-order valence-corrected chi connectivity index (χ4v) is 1.86. The summed E-state index contributed by atoms with van der Waals surface area (Å²) in [5.74, 6) is -1.09. The summed E-state index contributed by atoms with van der Waals surface area (Å²) in [6.45, 7) is 7.71. The highest BCUT2D eigenvalue weighted by molar-refractivity contribution is 9.10. The van der Waals surface area contributed by atoms with Gasteiger partial charge in [-0.3, -0.25) is 4.79 Å². The number of carbonyl (C=O) groups is 2. The van der Waals surface area contributed by atoms with Crippen LogP contribution in [0, 0.1) is 0 Å². The molecule has 1 aromatic carbocycles. The summed E-state index contributed by atoms with van der Waals surface area (Å²) < 4.78 is 10.6. The second-order valence-electron chi connectivity index (χ2n) is 3.91. The van der Waals surface area contributed by atoms with Crippen LogP contribution in [0.5, 0.6) is 5.75 Å². The Bertz CT molecular complexity index is 508. The van der Waals surface area contributed by atoms with Crippen LogP contribution in [0.1, 0.15) is 24.2 Å². The molecule has 102 valence electrons. The van der Waals surface area contributed by atoms with Crippen LogP contribution < -0.4 is 4.74 Å². The van der Waals surface area contributed by atoms with Crippen LogP contribution in [0.2, 0.25) is 0 Å². The van der Waals surface area contributed by atoms with Gasteiger partial charge in [-0.25, -0.2) is 4.79 Å². The minimum atomic E-state index is -0.875. The van der Waals surface area contributed by atoms with E-state index >= 15 is 0 Å². The SMILES string of the molecule is C=C(C)COc1cccc(C(=O)C(=O)OCC)c1Br. The molecule has 0 heterocycles. The third-order valence-corrected chi connectivity index (χ3v) is 2.96. The number of rotatable bonds is 6. The summed E-state index contributed by atoms with van der Waals surface area (Å²) in [5.41, 5.74) is 1.08. The first-order chi connectivity index (χ1) is 8.97. The largest absolute Gasteiger partial charge is 0.488 e. The van der Waals surface area contributed by atoms with Crippen molar-refractivity contribution in [2.24, 2.45) is 0 Å². The van der Waals surface area contributed by atoms with E-state index in [2.05, 4.69) is 27.2 Å². The molecular weight excluding hydrogens is 312 g/mol. The first-order valence-corrected chi connectivity index (χ1v) is 6.53. The molecule has 0 aliphatic heterocycles. The van der Waals surface area contributed by atoms with E-state index in [9.17, 15) is 9.59 Å². The first-order valence-electron chi connectivity index (χ1n) is 5.74. The van der Waals surface area contributed by atoms with Gasteiger partial charge in [-0.05, 0) is 47.5 Å². The number of halogens is 1. The van der Waals surface area contributed by atoms with Crippen LogP contribution in [0.15, 0.2) is 34.8 Å². The maximum absolute atomic E-state index is 11.9. The molecule has 0 N–H and O–H groups in total. The van der Waals surface area contributed by atoms with Crippen molar-refractivity contribution in [1.82, 2.24) is 0 Å². The summed E-state index contributed by atoms with van der Waals surface area (Å²) in [6.07, 6.45) is 0. The van der Waals surface area contributed by atoms with Crippen LogP contribution in [0.25, 0.3) is 0 Å². The van der Waals surface area contributed by atoms with E-state index in [1.54, 1.807) is 19.1 Å². The zero-order valence-corrected chi connectivity index (χ0v) is 12.5. The minimum absolute atomic E-state index is 0.161. The molecule has 1 aromatic rings. The van der Waals surface area contributed by atoms with Gasteiger partial charge in [0.1, 0.15) is 12.4 Å². The summed E-state index contributed by atoms with van der Waals surface area (Å²) in [4.78, 5) is 23.3. The van der Waals surface area contributed by atoms with Gasteiger partial charge in [0.25, 0.3) is 5.78 Å². The van der Waals surface area contributed by atoms with Crippen molar-refractivity contribution in [3.63, 3.8) is 0 Å². The Morgan fingerprint density at radius 1 is 1.37 bits per heavy atom. The Labute approximate surface area is 120 Å². The molecule has 0 saturated heterocycles. The standard InChI is InChI=1S/C14H15BrO4/c1-4-18-14(17)13(16)10-6-5-7-11(12(10)15)19-8-9(2)3/h5-7H,2,4,8H2,1,3H3. The second-order valence-corrected chi connectivity index (χ2v) is 4.71. The third-order valence-electron chi connectivity index (χ3n) is 2.14. The second kappa shape index (κ2) is 7.09. The summed E-state index contributed by atoms with van der Waals surface area (Å²) >= 11 is 3.27. The monoisotopic (exact) mass is 326 g/mol. The number of hydrogen-bond acceptors (Lipinski definition) is 4. The molecule has 0 atom stereocenters. The van der Waals surface area contributed by atoms with Gasteiger partial charge < -0.3 is 9.47 Å². The van der Waals surface area contributed by atoms with Crippen LogP contribution in [-0.2, 0) is 9.53 Å². The van der Waals surface area contributed by atoms with Crippen molar-refractivity contribution in [1.29, 1.82) is 0 Å². The zero-order chi connectivity index (χ0) is 14.4. The minimum Gasteiger partial charge on any atom is -0.488 e. The highest BCUT2D eigenvalue weighted by Crippen LogP contribution is 2.29. The van der Waals surface area contributed by atoms with E-state index in [-0.39, 0.29) is 12.2 Å². The molecule has 0 saturated carbocycles. The predicted molar refractivity (Wildman–Crippen MR) is 75.4 cm³/mol. The molecule has 4 nitrogen and oxygen atoms in total. The van der Waals surface area contributed by atoms with Crippen molar-refractivity contribution in [3.8, 4) is 5.75 Å². The topological polar surface area (TPSA) is 52.6 Å². The van der Waals surface area contributed by atoms with Crippen molar-refractivity contribution in [2.45, 2.75) is 13.8 Å². The van der Waals surface area contributed by atoms with E-state index in [0.29, 0.717) is 16.8 Å². The molecule has 0 radical (unpaired) electrons. The molecule has 0 aliphatic rings. The van der Waals surface area contributed by atoms with Gasteiger partial charge in [-0.2, -0.15) is 0 Å². The lowest BCUT2D eigenvalue weighted by atomic mass is 10.1. The fraction of sp³-hybridized carbons (Fsp3) is 0.286. The Hall–Kier alpha value is -1.62. The molecule has 0 aromatic heterocycles. The quantitative estimate of drug-likeness (QED) is 0.349. The lowest BCUT2D eigenvalue weighted by molar-refractivity contribution is -0.137. The number of hydrogen-bond donors (Lipinski definition) is 0. The first kappa shape index (κ1) is 15.4. The van der Waals surface area contributed by atoms with Crippen LogP contribution in [0.4, 0.5) is 0 Å². The van der Waals surface area contributed by atoms with Crippen molar-refractivity contribution in [2.75, 3.05) is 13.2 Å². The van der Waals surface area contributed by atoms with Crippen molar-refractivity contribution >= 4 is 27.7 Å². The van der Waals surface area contributed by atoms with Gasteiger partial charge in [-0.15, -0.1) is 0 Å². The number of ketones is 1. The summed E-state index contributed by atoms with van der Waals surface area (Å²) in [7, 11) is 0. The smallest absolute Gasteiger partial charge is 0.379 e. The number of benzene rings is 1. The van der Waals surface area contributed by atoms with Gasteiger partial charge in [0.2, 0.25) is 0 Å². The van der Waals surface area contributed by atoms with Crippen molar-refractivity contribution in [3.05, 3.63) is 40.4 Å². The lowest BCUT2D eigenvalue weighted by Crippen LogP contribution is -2.18. The predicted octanol–water partition coefficient (Wildman–Crippen LogP) is 3.15. The molecule has 0 aliphatic carbocycles. The highest BCUT2D eigenvalue weighted by Gasteiger charge is 2.21. The molecule has 0 amide bonds.